The molecule has 1 atom stereocenters. The van der Waals surface area contributed by atoms with E-state index in [1.807, 2.05) is 19.9 Å². The van der Waals surface area contributed by atoms with Gasteiger partial charge >= 0.3 is 0 Å². The Morgan fingerprint density at radius 3 is 2.74 bits per heavy atom. The van der Waals surface area contributed by atoms with Gasteiger partial charge in [-0.1, -0.05) is 19.3 Å². The zero-order chi connectivity index (χ0) is 16.2. The normalized spacial score (nSPS) is 23.3. The first kappa shape index (κ1) is 16.5. The monoisotopic (exact) mass is 318 g/mol. The van der Waals surface area contributed by atoms with E-state index in [1.165, 1.54) is 45.1 Å². The fourth-order valence-corrected chi connectivity index (χ4v) is 4.09. The number of amides is 1. The van der Waals surface area contributed by atoms with Crippen LogP contribution in [0, 0.1) is 19.8 Å². The molecular weight excluding hydrogens is 288 g/mol. The van der Waals surface area contributed by atoms with E-state index in [2.05, 4.69) is 15.3 Å². The molecule has 1 saturated carbocycles. The maximum Gasteiger partial charge on any atom is 0.241 e. The summed E-state index contributed by atoms with van der Waals surface area (Å²) in [5.41, 5.74) is 2.01. The number of hydrogen-bond donors (Lipinski definition) is 1. The van der Waals surface area contributed by atoms with Crippen LogP contribution in [0.1, 0.15) is 49.9 Å². The summed E-state index contributed by atoms with van der Waals surface area (Å²) in [5.74, 6) is 0.689. The topological polar surface area (TPSA) is 50.2 Å². The van der Waals surface area contributed by atoms with Crippen molar-refractivity contribution in [2.75, 3.05) is 19.6 Å². The lowest BCUT2D eigenvalue weighted by Gasteiger charge is -2.31. The third-order valence-electron chi connectivity index (χ3n) is 5.39. The Labute approximate surface area is 139 Å². The number of nitrogens with zero attached hydrogens (tertiary/aromatic N) is 3. The van der Waals surface area contributed by atoms with Crippen molar-refractivity contribution in [3.05, 3.63) is 17.5 Å². The molecule has 0 aromatic carbocycles. The van der Waals surface area contributed by atoms with Gasteiger partial charge in [-0.25, -0.2) is 0 Å². The van der Waals surface area contributed by atoms with Crippen molar-refractivity contribution in [1.29, 1.82) is 0 Å². The van der Waals surface area contributed by atoms with Crippen molar-refractivity contribution < 1.29 is 4.79 Å². The van der Waals surface area contributed by atoms with Crippen LogP contribution in [0.15, 0.2) is 6.07 Å². The van der Waals surface area contributed by atoms with E-state index in [9.17, 15) is 4.79 Å². The Bertz CT molecular complexity index is 533. The molecule has 1 aromatic rings. The molecule has 0 spiro atoms. The zero-order valence-corrected chi connectivity index (χ0v) is 14.6. The molecule has 5 nitrogen and oxygen atoms in total. The smallest absolute Gasteiger partial charge is 0.241 e. The molecule has 0 bridgehead atoms. The number of carbonyl (C=O) groups is 1. The molecule has 3 rings (SSSR count). The maximum absolute atomic E-state index is 12.1. The number of aryl methyl sites for hydroxylation is 2. The van der Waals surface area contributed by atoms with Gasteiger partial charge in [-0.3, -0.25) is 9.48 Å². The number of likely N-dealkylation sites (tertiary alicyclic amines) is 1. The van der Waals surface area contributed by atoms with Gasteiger partial charge in [0.25, 0.3) is 0 Å². The summed E-state index contributed by atoms with van der Waals surface area (Å²) in [7, 11) is 0. The fraction of sp³-hybridized carbons (Fsp3) is 0.778. The van der Waals surface area contributed by atoms with Gasteiger partial charge in [-0.2, -0.15) is 5.10 Å². The van der Waals surface area contributed by atoms with Gasteiger partial charge in [0.15, 0.2) is 0 Å². The van der Waals surface area contributed by atoms with E-state index in [0.717, 1.165) is 30.5 Å². The predicted octanol–water partition coefficient (Wildman–Crippen LogP) is 2.27. The Morgan fingerprint density at radius 2 is 2.04 bits per heavy atom. The van der Waals surface area contributed by atoms with E-state index < -0.39 is 0 Å². The van der Waals surface area contributed by atoms with Crippen molar-refractivity contribution in [3.8, 4) is 0 Å². The molecule has 23 heavy (non-hydrogen) atoms. The van der Waals surface area contributed by atoms with Crippen LogP contribution in [0.4, 0.5) is 0 Å². The minimum Gasteiger partial charge on any atom is -0.354 e. The molecule has 2 fully saturated rings. The summed E-state index contributed by atoms with van der Waals surface area (Å²) in [5, 5.41) is 7.46. The number of aromatic nitrogens is 2. The highest BCUT2D eigenvalue weighted by atomic mass is 16.2. The van der Waals surface area contributed by atoms with Crippen molar-refractivity contribution in [3.63, 3.8) is 0 Å². The number of rotatable bonds is 5. The van der Waals surface area contributed by atoms with E-state index in [0.29, 0.717) is 12.5 Å². The van der Waals surface area contributed by atoms with Crippen LogP contribution < -0.4 is 5.32 Å². The lowest BCUT2D eigenvalue weighted by atomic mass is 9.94. The summed E-state index contributed by atoms with van der Waals surface area (Å²) in [4.78, 5) is 14.8. The van der Waals surface area contributed by atoms with Crippen molar-refractivity contribution in [2.45, 2.75) is 65.0 Å². The van der Waals surface area contributed by atoms with Crippen molar-refractivity contribution in [2.24, 2.45) is 5.92 Å². The molecular formula is C18H30N4O. The van der Waals surface area contributed by atoms with E-state index >= 15 is 0 Å². The quantitative estimate of drug-likeness (QED) is 0.906. The van der Waals surface area contributed by atoms with Gasteiger partial charge in [0.05, 0.1) is 5.69 Å². The van der Waals surface area contributed by atoms with Crippen molar-refractivity contribution >= 4 is 5.91 Å². The SMILES string of the molecule is Cc1cc(C)n(CC(=O)NC[C@H]2CCN(C3CCCCC3)C2)n1. The number of hydrogen-bond acceptors (Lipinski definition) is 3. The fourth-order valence-electron chi connectivity index (χ4n) is 4.09. The largest absolute Gasteiger partial charge is 0.354 e. The van der Waals surface area contributed by atoms with Gasteiger partial charge in [-0.05, 0) is 51.6 Å². The minimum atomic E-state index is 0.0762. The van der Waals surface area contributed by atoms with Crippen LogP contribution in [0.3, 0.4) is 0 Å². The van der Waals surface area contributed by atoms with Crippen LogP contribution in [-0.2, 0) is 11.3 Å². The second kappa shape index (κ2) is 7.47. The lowest BCUT2D eigenvalue weighted by molar-refractivity contribution is -0.122. The minimum absolute atomic E-state index is 0.0762. The first-order valence-corrected chi connectivity index (χ1v) is 9.13. The van der Waals surface area contributed by atoms with Crippen LogP contribution in [0.5, 0.6) is 0 Å². The second-order valence-corrected chi connectivity index (χ2v) is 7.33. The van der Waals surface area contributed by atoms with Gasteiger partial charge < -0.3 is 10.2 Å². The molecule has 1 aliphatic carbocycles. The van der Waals surface area contributed by atoms with Gasteiger partial charge in [-0.15, -0.1) is 0 Å². The van der Waals surface area contributed by atoms with E-state index in [-0.39, 0.29) is 5.91 Å². The number of nitrogens with one attached hydrogen (secondary N) is 1. The summed E-state index contributed by atoms with van der Waals surface area (Å²) in [6.45, 7) is 7.46. The van der Waals surface area contributed by atoms with E-state index in [4.69, 9.17) is 0 Å². The second-order valence-electron chi connectivity index (χ2n) is 7.33. The summed E-state index contributed by atoms with van der Waals surface area (Å²) >= 11 is 0. The molecule has 1 aromatic heterocycles. The molecule has 0 unspecified atom stereocenters. The number of carbonyl (C=O) groups excluding carboxylic acids is 1. The average molecular weight is 318 g/mol. The van der Waals surface area contributed by atoms with Crippen LogP contribution in [-0.4, -0.2) is 46.3 Å². The first-order chi connectivity index (χ1) is 11.1. The third-order valence-corrected chi connectivity index (χ3v) is 5.39. The van der Waals surface area contributed by atoms with Gasteiger partial charge in [0, 0.05) is 24.8 Å². The zero-order valence-electron chi connectivity index (χ0n) is 14.6. The summed E-state index contributed by atoms with van der Waals surface area (Å²) < 4.78 is 1.79. The Kier molecular flexibility index (Phi) is 5.36. The van der Waals surface area contributed by atoms with Gasteiger partial charge in [0.2, 0.25) is 5.91 Å². The molecule has 2 heterocycles. The lowest BCUT2D eigenvalue weighted by Crippen LogP contribution is -2.37. The van der Waals surface area contributed by atoms with Crippen molar-refractivity contribution in [1.82, 2.24) is 20.0 Å². The molecule has 2 aliphatic rings. The third kappa shape index (κ3) is 4.34. The molecule has 0 radical (unpaired) electrons. The standard InChI is InChI=1S/C18H30N4O/c1-14-10-15(2)22(20-14)13-18(23)19-11-16-8-9-21(12-16)17-6-4-3-5-7-17/h10,16-17H,3-9,11-13H2,1-2H3,(H,19,23)/t16-/m1/s1. The molecule has 1 N–H and O–H groups in total. The molecule has 1 aliphatic heterocycles. The Hall–Kier alpha value is -1.36. The Balaban J connectivity index is 1.40. The molecule has 1 saturated heterocycles. The highest BCUT2D eigenvalue weighted by Gasteiger charge is 2.29. The van der Waals surface area contributed by atoms with E-state index in [1.54, 1.807) is 4.68 Å². The average Bonchev–Trinajstić information content (AvgIpc) is 3.13. The van der Waals surface area contributed by atoms with Gasteiger partial charge in [0.1, 0.15) is 6.54 Å². The first-order valence-electron chi connectivity index (χ1n) is 9.13. The van der Waals surface area contributed by atoms with Crippen LogP contribution >= 0.6 is 0 Å². The highest BCUT2D eigenvalue weighted by Crippen LogP contribution is 2.27. The summed E-state index contributed by atoms with van der Waals surface area (Å²) in [6, 6.07) is 2.81. The van der Waals surface area contributed by atoms with Crippen LogP contribution in [0.25, 0.3) is 0 Å². The Morgan fingerprint density at radius 1 is 1.26 bits per heavy atom. The van der Waals surface area contributed by atoms with Crippen LogP contribution in [0.2, 0.25) is 0 Å². The molecule has 128 valence electrons. The molecule has 5 heteroatoms. The summed E-state index contributed by atoms with van der Waals surface area (Å²) in [6.07, 6.45) is 8.16. The molecule has 1 amide bonds. The maximum atomic E-state index is 12.1. The highest BCUT2D eigenvalue weighted by molar-refractivity contribution is 5.75. The predicted molar refractivity (Wildman–Crippen MR) is 91.3 cm³/mol.